The van der Waals surface area contributed by atoms with Crippen LogP contribution in [0.1, 0.15) is 35.3 Å². The van der Waals surface area contributed by atoms with Crippen molar-refractivity contribution in [3.05, 3.63) is 93.3 Å². The van der Waals surface area contributed by atoms with Gasteiger partial charge in [-0.25, -0.2) is 4.79 Å². The van der Waals surface area contributed by atoms with Gasteiger partial charge in [-0.05, 0) is 91.8 Å². The van der Waals surface area contributed by atoms with E-state index in [4.69, 9.17) is 43.1 Å². The number of rotatable bonds is 11. The monoisotopic (exact) mass is 612 g/mol. The number of thioether (sulfide) groups is 1. The Balaban J connectivity index is 1.40. The van der Waals surface area contributed by atoms with Gasteiger partial charge in [-0.3, -0.25) is 15.0 Å². The lowest BCUT2D eigenvalue weighted by atomic mass is 10.2. The molecule has 1 saturated heterocycles. The molecule has 4 rings (SSSR count). The molecular formula is C29H25ClN2O7S2. The van der Waals surface area contributed by atoms with E-state index < -0.39 is 23.9 Å². The highest BCUT2D eigenvalue weighted by atomic mass is 35.5. The number of carboxylic acids is 1. The van der Waals surface area contributed by atoms with E-state index in [1.165, 1.54) is 6.92 Å². The topological polar surface area (TPSA) is 114 Å². The highest BCUT2D eigenvalue weighted by Gasteiger charge is 2.34. The Morgan fingerprint density at radius 2 is 1.78 bits per heavy atom. The van der Waals surface area contributed by atoms with E-state index in [1.54, 1.807) is 67.6 Å². The van der Waals surface area contributed by atoms with Crippen LogP contribution in [0.25, 0.3) is 6.08 Å². The minimum absolute atomic E-state index is 0.165. The van der Waals surface area contributed by atoms with Crippen LogP contribution in [0.3, 0.4) is 0 Å². The molecule has 1 heterocycles. The summed E-state index contributed by atoms with van der Waals surface area (Å²) in [6, 6.07) is 18.7. The molecule has 3 aromatic carbocycles. The number of aliphatic carboxylic acids is 1. The van der Waals surface area contributed by atoms with Crippen molar-refractivity contribution in [3.63, 3.8) is 0 Å². The third-order valence-electron chi connectivity index (χ3n) is 5.66. The third kappa shape index (κ3) is 7.78. The molecular weight excluding hydrogens is 588 g/mol. The second-order valence-corrected chi connectivity index (χ2v) is 10.7. The van der Waals surface area contributed by atoms with E-state index in [0.717, 1.165) is 22.3 Å². The van der Waals surface area contributed by atoms with Crippen molar-refractivity contribution in [2.75, 3.05) is 6.61 Å². The molecule has 3 aromatic rings. The maximum atomic E-state index is 13.1. The average molecular weight is 613 g/mol. The summed E-state index contributed by atoms with van der Waals surface area (Å²) < 4.78 is 17.0. The number of ether oxygens (including phenoxy) is 3. The number of carboxylic acid groups (broad SMARTS) is 1. The quantitative estimate of drug-likeness (QED) is 0.207. The summed E-state index contributed by atoms with van der Waals surface area (Å²) in [6.07, 6.45) is 0.531. The summed E-state index contributed by atoms with van der Waals surface area (Å²) >= 11 is 12.3. The number of hydrogen-bond donors (Lipinski definition) is 2. The van der Waals surface area contributed by atoms with Gasteiger partial charge in [0.1, 0.15) is 12.4 Å². The molecule has 2 N–H and O–H groups in total. The van der Waals surface area contributed by atoms with Crippen LogP contribution in [0.4, 0.5) is 0 Å². The van der Waals surface area contributed by atoms with Crippen LogP contribution in [0.2, 0.25) is 5.02 Å². The molecule has 212 valence electrons. The number of hydrazine groups is 1. The molecule has 1 fully saturated rings. The molecule has 0 aliphatic carbocycles. The first kappa shape index (κ1) is 29.9. The molecule has 9 nitrogen and oxygen atoms in total. The number of benzene rings is 3. The first-order chi connectivity index (χ1) is 19.6. The number of thiocarbonyl (C=S) groups is 1. The molecule has 1 aliphatic heterocycles. The normalized spacial score (nSPS) is 14.6. The van der Waals surface area contributed by atoms with Crippen LogP contribution in [0.5, 0.6) is 17.2 Å². The van der Waals surface area contributed by atoms with E-state index >= 15 is 0 Å². The van der Waals surface area contributed by atoms with Crippen molar-refractivity contribution < 1.29 is 33.7 Å². The van der Waals surface area contributed by atoms with E-state index in [2.05, 4.69) is 5.43 Å². The van der Waals surface area contributed by atoms with Crippen molar-refractivity contribution in [1.82, 2.24) is 10.4 Å². The Morgan fingerprint density at radius 3 is 2.44 bits per heavy atom. The first-order valence-electron chi connectivity index (χ1n) is 12.4. The summed E-state index contributed by atoms with van der Waals surface area (Å²) in [4.78, 5) is 37.4. The molecule has 1 atom stereocenters. The fourth-order valence-corrected chi connectivity index (χ4v) is 4.86. The molecule has 2 amide bonds. The summed E-state index contributed by atoms with van der Waals surface area (Å²) in [5.74, 6) is -0.946. The largest absolute Gasteiger partial charge is 0.490 e. The van der Waals surface area contributed by atoms with Gasteiger partial charge in [-0.15, -0.1) is 0 Å². The van der Waals surface area contributed by atoms with E-state index in [0.29, 0.717) is 40.9 Å². The van der Waals surface area contributed by atoms with E-state index in [1.807, 2.05) is 12.1 Å². The lowest BCUT2D eigenvalue weighted by molar-refractivity contribution is -0.144. The number of hydrogen-bond acceptors (Lipinski definition) is 8. The Bertz CT molecular complexity index is 1490. The first-order valence-corrected chi connectivity index (χ1v) is 14.0. The van der Waals surface area contributed by atoms with Crippen molar-refractivity contribution in [1.29, 1.82) is 0 Å². The molecule has 0 aromatic heterocycles. The highest BCUT2D eigenvalue weighted by molar-refractivity contribution is 8.26. The summed E-state index contributed by atoms with van der Waals surface area (Å²) in [7, 11) is 0. The lowest BCUT2D eigenvalue weighted by Gasteiger charge is -2.16. The molecule has 1 unspecified atom stereocenters. The Kier molecular flexibility index (Phi) is 9.87. The van der Waals surface area contributed by atoms with Gasteiger partial charge < -0.3 is 19.3 Å². The SMILES string of the molecule is CCOc1cc(/C=C2/SC(=S)N(NC(=O)c3ccc(OCc4ccc(Cl)cc4)cc3)C2=O)ccc1OC(C)C(=O)O. The zero-order valence-corrected chi connectivity index (χ0v) is 24.3. The number of amides is 2. The van der Waals surface area contributed by atoms with E-state index in [9.17, 15) is 14.4 Å². The number of carbonyl (C=O) groups is 3. The smallest absolute Gasteiger partial charge is 0.344 e. The highest BCUT2D eigenvalue weighted by Crippen LogP contribution is 2.34. The van der Waals surface area contributed by atoms with Gasteiger partial charge in [-0.2, -0.15) is 5.01 Å². The Hall–Kier alpha value is -4.06. The molecule has 1 aliphatic rings. The lowest BCUT2D eigenvalue weighted by Crippen LogP contribution is -2.44. The van der Waals surface area contributed by atoms with Crippen molar-refractivity contribution in [3.8, 4) is 17.2 Å². The minimum Gasteiger partial charge on any atom is -0.490 e. The maximum Gasteiger partial charge on any atom is 0.344 e. The van der Waals surface area contributed by atoms with Crippen molar-refractivity contribution in [2.24, 2.45) is 0 Å². The average Bonchev–Trinajstić information content (AvgIpc) is 3.21. The van der Waals surface area contributed by atoms with Crippen LogP contribution in [0, 0.1) is 0 Å². The van der Waals surface area contributed by atoms with Gasteiger partial charge in [0.2, 0.25) is 0 Å². The third-order valence-corrected chi connectivity index (χ3v) is 7.21. The summed E-state index contributed by atoms with van der Waals surface area (Å²) in [5.41, 5.74) is 4.42. The van der Waals surface area contributed by atoms with Crippen LogP contribution in [-0.4, -0.2) is 44.9 Å². The molecule has 0 saturated carbocycles. The van der Waals surface area contributed by atoms with Gasteiger partial charge in [0.25, 0.3) is 11.8 Å². The molecule has 12 heteroatoms. The van der Waals surface area contributed by atoms with Gasteiger partial charge >= 0.3 is 5.97 Å². The number of nitrogens with zero attached hydrogens (tertiary/aromatic N) is 1. The molecule has 0 spiro atoms. The number of carbonyl (C=O) groups excluding carboxylic acids is 2. The summed E-state index contributed by atoms with van der Waals surface area (Å²) in [6.45, 7) is 3.86. The van der Waals surface area contributed by atoms with Gasteiger partial charge in [0.15, 0.2) is 21.9 Å². The van der Waals surface area contributed by atoms with Gasteiger partial charge in [0.05, 0.1) is 11.5 Å². The van der Waals surface area contributed by atoms with Crippen LogP contribution in [-0.2, 0) is 16.2 Å². The van der Waals surface area contributed by atoms with Crippen LogP contribution in [0.15, 0.2) is 71.6 Å². The minimum atomic E-state index is -1.11. The standard InChI is InChI=1S/C29H25ClN2O7S2/c1-3-37-24-14-19(6-13-23(24)39-17(2)28(35)36)15-25-27(34)32(29(40)41-25)31-26(33)20-7-11-22(12-8-20)38-16-18-4-9-21(30)10-5-18/h4-15,17H,3,16H2,1-2H3,(H,31,33)(H,35,36)/b25-15+. The second kappa shape index (κ2) is 13.5. The Morgan fingerprint density at radius 1 is 1.07 bits per heavy atom. The van der Waals surface area contributed by atoms with Crippen LogP contribution < -0.4 is 19.6 Å². The zero-order valence-electron chi connectivity index (χ0n) is 22.0. The zero-order chi connectivity index (χ0) is 29.5. The second-order valence-electron chi connectivity index (χ2n) is 8.64. The molecule has 41 heavy (non-hydrogen) atoms. The van der Waals surface area contributed by atoms with Crippen molar-refractivity contribution in [2.45, 2.75) is 26.6 Å². The fourth-order valence-electron chi connectivity index (χ4n) is 3.55. The summed E-state index contributed by atoms with van der Waals surface area (Å²) in [5, 5.41) is 10.8. The predicted octanol–water partition coefficient (Wildman–Crippen LogP) is 5.72. The van der Waals surface area contributed by atoms with Crippen LogP contribution >= 0.6 is 35.6 Å². The van der Waals surface area contributed by atoms with Gasteiger partial charge in [-0.1, -0.05) is 41.6 Å². The predicted molar refractivity (Wildman–Crippen MR) is 160 cm³/mol. The maximum absolute atomic E-state index is 13.1. The van der Waals surface area contributed by atoms with Crippen molar-refractivity contribution >= 4 is 63.8 Å². The van der Waals surface area contributed by atoms with Gasteiger partial charge in [0, 0.05) is 10.6 Å². The molecule has 0 radical (unpaired) electrons. The Labute approximate surface area is 251 Å². The van der Waals surface area contributed by atoms with E-state index in [-0.39, 0.29) is 15.0 Å². The fraction of sp³-hybridized carbons (Fsp3) is 0.172. The number of halogens is 1. The number of nitrogens with one attached hydrogen (secondary N) is 1. The molecule has 0 bridgehead atoms.